The SMILES string of the molecule is Cc1c(-c2ccncc2)nc2n(c1=O)CCCN2. The normalized spacial score (nSPS) is 13.8. The van der Waals surface area contributed by atoms with Crippen LogP contribution in [0.2, 0.25) is 0 Å². The Morgan fingerprint density at radius 1 is 1.33 bits per heavy atom. The topological polar surface area (TPSA) is 59.8 Å². The molecule has 92 valence electrons. The summed E-state index contributed by atoms with van der Waals surface area (Å²) < 4.78 is 1.71. The second-order valence-electron chi connectivity index (χ2n) is 4.38. The maximum atomic E-state index is 12.3. The van der Waals surface area contributed by atoms with Gasteiger partial charge in [0.1, 0.15) is 0 Å². The summed E-state index contributed by atoms with van der Waals surface area (Å²) in [5.74, 6) is 0.670. The van der Waals surface area contributed by atoms with Gasteiger partial charge in [0.25, 0.3) is 5.56 Å². The third-order valence-corrected chi connectivity index (χ3v) is 3.19. The highest BCUT2D eigenvalue weighted by atomic mass is 16.1. The van der Waals surface area contributed by atoms with E-state index in [1.165, 1.54) is 0 Å². The summed E-state index contributed by atoms with van der Waals surface area (Å²) in [6, 6.07) is 3.74. The van der Waals surface area contributed by atoms with Crippen LogP contribution >= 0.6 is 0 Å². The first-order valence-corrected chi connectivity index (χ1v) is 6.03. The van der Waals surface area contributed by atoms with Crippen molar-refractivity contribution in [3.63, 3.8) is 0 Å². The molecule has 5 nitrogen and oxygen atoms in total. The number of anilines is 1. The average molecular weight is 242 g/mol. The largest absolute Gasteiger partial charge is 0.355 e. The second kappa shape index (κ2) is 4.25. The summed E-state index contributed by atoms with van der Waals surface area (Å²) in [5.41, 5.74) is 2.39. The number of aromatic nitrogens is 3. The van der Waals surface area contributed by atoms with Crippen LogP contribution in [-0.2, 0) is 6.54 Å². The van der Waals surface area contributed by atoms with Gasteiger partial charge in [-0.2, -0.15) is 0 Å². The molecular formula is C13H14N4O. The lowest BCUT2D eigenvalue weighted by Crippen LogP contribution is -2.32. The molecule has 0 atom stereocenters. The van der Waals surface area contributed by atoms with Gasteiger partial charge in [-0.25, -0.2) is 4.98 Å². The average Bonchev–Trinajstić information content (AvgIpc) is 2.44. The van der Waals surface area contributed by atoms with Gasteiger partial charge in [-0.3, -0.25) is 14.3 Å². The summed E-state index contributed by atoms with van der Waals surface area (Å²) in [5, 5.41) is 3.18. The number of fused-ring (bicyclic) bond motifs is 1. The number of nitrogens with zero attached hydrogens (tertiary/aromatic N) is 3. The lowest BCUT2D eigenvalue weighted by molar-refractivity contribution is 0.594. The Kier molecular flexibility index (Phi) is 2.59. The predicted octanol–water partition coefficient (Wildman–Crippen LogP) is 1.43. The monoisotopic (exact) mass is 242 g/mol. The van der Waals surface area contributed by atoms with Crippen molar-refractivity contribution in [2.24, 2.45) is 0 Å². The van der Waals surface area contributed by atoms with E-state index in [9.17, 15) is 4.79 Å². The number of nitrogens with one attached hydrogen (secondary N) is 1. The molecule has 2 aromatic rings. The molecule has 0 aliphatic carbocycles. The van der Waals surface area contributed by atoms with E-state index >= 15 is 0 Å². The predicted molar refractivity (Wildman–Crippen MR) is 69.6 cm³/mol. The van der Waals surface area contributed by atoms with Crippen molar-refractivity contribution < 1.29 is 0 Å². The van der Waals surface area contributed by atoms with E-state index in [1.54, 1.807) is 17.0 Å². The van der Waals surface area contributed by atoms with Crippen molar-refractivity contribution in [3.05, 3.63) is 40.4 Å². The Bertz CT molecular complexity index is 633. The molecule has 0 bridgehead atoms. The molecule has 5 heteroatoms. The highest BCUT2D eigenvalue weighted by Crippen LogP contribution is 2.21. The Hall–Kier alpha value is -2.17. The third kappa shape index (κ3) is 1.68. The smallest absolute Gasteiger partial charge is 0.258 e. The van der Waals surface area contributed by atoms with Crippen LogP contribution in [0.15, 0.2) is 29.3 Å². The van der Waals surface area contributed by atoms with E-state index in [2.05, 4.69) is 15.3 Å². The fourth-order valence-electron chi connectivity index (χ4n) is 2.22. The Morgan fingerprint density at radius 3 is 2.89 bits per heavy atom. The van der Waals surface area contributed by atoms with Crippen LogP contribution in [-0.4, -0.2) is 21.1 Å². The molecule has 0 aromatic carbocycles. The first-order chi connectivity index (χ1) is 8.77. The van der Waals surface area contributed by atoms with Crippen LogP contribution in [0.4, 0.5) is 5.95 Å². The van der Waals surface area contributed by atoms with Crippen molar-refractivity contribution in [2.75, 3.05) is 11.9 Å². The van der Waals surface area contributed by atoms with E-state index in [0.29, 0.717) is 11.5 Å². The van der Waals surface area contributed by atoms with E-state index < -0.39 is 0 Å². The third-order valence-electron chi connectivity index (χ3n) is 3.19. The van der Waals surface area contributed by atoms with Crippen LogP contribution < -0.4 is 10.9 Å². The van der Waals surface area contributed by atoms with Crippen LogP contribution in [0.25, 0.3) is 11.3 Å². The molecule has 1 N–H and O–H groups in total. The van der Waals surface area contributed by atoms with Gasteiger partial charge in [0, 0.05) is 36.6 Å². The number of rotatable bonds is 1. The minimum Gasteiger partial charge on any atom is -0.355 e. The minimum absolute atomic E-state index is 0.0408. The molecule has 0 spiro atoms. The van der Waals surface area contributed by atoms with Gasteiger partial charge in [0.2, 0.25) is 5.95 Å². The zero-order valence-corrected chi connectivity index (χ0v) is 10.2. The van der Waals surface area contributed by atoms with Gasteiger partial charge in [-0.05, 0) is 25.5 Å². The first-order valence-electron chi connectivity index (χ1n) is 6.03. The van der Waals surface area contributed by atoms with Gasteiger partial charge in [-0.1, -0.05) is 0 Å². The molecule has 3 heterocycles. The van der Waals surface area contributed by atoms with Crippen LogP contribution in [0.5, 0.6) is 0 Å². The van der Waals surface area contributed by atoms with Gasteiger partial charge in [0.15, 0.2) is 0 Å². The van der Waals surface area contributed by atoms with E-state index in [-0.39, 0.29) is 5.56 Å². The van der Waals surface area contributed by atoms with Crippen molar-refractivity contribution in [1.29, 1.82) is 0 Å². The summed E-state index contributed by atoms with van der Waals surface area (Å²) >= 11 is 0. The fourth-order valence-corrected chi connectivity index (χ4v) is 2.22. The molecule has 0 saturated carbocycles. The lowest BCUT2D eigenvalue weighted by Gasteiger charge is -2.20. The standard InChI is InChI=1S/C13H14N4O/c1-9-11(10-3-6-14-7-4-10)16-13-15-5-2-8-17(13)12(9)18/h3-4,6-7H,2,5,8H2,1H3,(H,15,16). The Morgan fingerprint density at radius 2 is 2.11 bits per heavy atom. The summed E-state index contributed by atoms with van der Waals surface area (Å²) in [6.07, 6.45) is 4.38. The Balaban J connectivity index is 2.23. The van der Waals surface area contributed by atoms with Crippen LogP contribution in [0, 0.1) is 6.92 Å². The van der Waals surface area contributed by atoms with Crippen LogP contribution in [0.1, 0.15) is 12.0 Å². The van der Waals surface area contributed by atoms with E-state index in [0.717, 1.165) is 30.8 Å². The molecule has 1 aliphatic rings. The highest BCUT2D eigenvalue weighted by molar-refractivity contribution is 5.63. The number of hydrogen-bond donors (Lipinski definition) is 1. The zero-order valence-electron chi connectivity index (χ0n) is 10.2. The van der Waals surface area contributed by atoms with E-state index in [1.807, 2.05) is 19.1 Å². The number of hydrogen-bond acceptors (Lipinski definition) is 4. The summed E-state index contributed by atoms with van der Waals surface area (Å²) in [4.78, 5) is 20.8. The van der Waals surface area contributed by atoms with Crippen molar-refractivity contribution >= 4 is 5.95 Å². The molecular weight excluding hydrogens is 228 g/mol. The van der Waals surface area contributed by atoms with Crippen molar-refractivity contribution in [1.82, 2.24) is 14.5 Å². The maximum absolute atomic E-state index is 12.3. The molecule has 2 aromatic heterocycles. The molecule has 0 fully saturated rings. The summed E-state index contributed by atoms with van der Waals surface area (Å²) in [6.45, 7) is 3.43. The van der Waals surface area contributed by atoms with Crippen LogP contribution in [0.3, 0.4) is 0 Å². The van der Waals surface area contributed by atoms with Gasteiger partial charge in [0.05, 0.1) is 5.69 Å². The Labute approximate surface area is 105 Å². The maximum Gasteiger partial charge on any atom is 0.258 e. The lowest BCUT2D eigenvalue weighted by atomic mass is 10.1. The molecule has 0 radical (unpaired) electrons. The zero-order chi connectivity index (χ0) is 12.5. The van der Waals surface area contributed by atoms with Crippen molar-refractivity contribution in [2.45, 2.75) is 19.9 Å². The molecule has 1 aliphatic heterocycles. The number of pyridine rings is 1. The fraction of sp³-hybridized carbons (Fsp3) is 0.308. The molecule has 18 heavy (non-hydrogen) atoms. The first kappa shape index (κ1) is 11.0. The van der Waals surface area contributed by atoms with Gasteiger partial charge >= 0.3 is 0 Å². The highest BCUT2D eigenvalue weighted by Gasteiger charge is 2.16. The second-order valence-corrected chi connectivity index (χ2v) is 4.38. The quantitative estimate of drug-likeness (QED) is 0.821. The van der Waals surface area contributed by atoms with Crippen molar-refractivity contribution in [3.8, 4) is 11.3 Å². The van der Waals surface area contributed by atoms with E-state index in [4.69, 9.17) is 0 Å². The molecule has 0 amide bonds. The molecule has 3 rings (SSSR count). The molecule has 0 saturated heterocycles. The van der Waals surface area contributed by atoms with Gasteiger partial charge < -0.3 is 5.32 Å². The minimum atomic E-state index is 0.0408. The molecule has 0 unspecified atom stereocenters. The van der Waals surface area contributed by atoms with Gasteiger partial charge in [-0.15, -0.1) is 0 Å². The summed E-state index contributed by atoms with van der Waals surface area (Å²) in [7, 11) is 0.